The van der Waals surface area contributed by atoms with Crippen molar-refractivity contribution in [2.75, 3.05) is 25.2 Å². The highest BCUT2D eigenvalue weighted by Gasteiger charge is 2.12. The zero-order chi connectivity index (χ0) is 13.4. The number of likely N-dealkylation sites (N-methyl/N-ethyl adjacent to an activating group) is 1. The van der Waals surface area contributed by atoms with Crippen LogP contribution in [0.15, 0.2) is 30.3 Å². The molecular formula is C13H21NO3S. The molecule has 0 saturated heterocycles. The minimum atomic E-state index is -2.92. The van der Waals surface area contributed by atoms with E-state index in [0.29, 0.717) is 13.0 Å². The average Bonchev–Trinajstić information content (AvgIpc) is 2.33. The molecule has 0 aliphatic heterocycles. The summed E-state index contributed by atoms with van der Waals surface area (Å²) in [5.41, 5.74) is 0. The van der Waals surface area contributed by atoms with Crippen LogP contribution in [-0.4, -0.2) is 39.6 Å². The lowest BCUT2D eigenvalue weighted by Gasteiger charge is -2.18. The first kappa shape index (κ1) is 15.0. The zero-order valence-corrected chi connectivity index (χ0v) is 11.7. The van der Waals surface area contributed by atoms with E-state index < -0.39 is 9.84 Å². The van der Waals surface area contributed by atoms with Crippen molar-refractivity contribution in [3.05, 3.63) is 30.3 Å². The van der Waals surface area contributed by atoms with Crippen molar-refractivity contribution in [2.24, 2.45) is 0 Å². The highest BCUT2D eigenvalue weighted by molar-refractivity contribution is 7.90. The van der Waals surface area contributed by atoms with Crippen molar-refractivity contribution in [3.63, 3.8) is 0 Å². The van der Waals surface area contributed by atoms with Gasteiger partial charge in [-0.2, -0.15) is 0 Å². The summed E-state index contributed by atoms with van der Waals surface area (Å²) >= 11 is 0. The SMILES string of the molecule is CCNC(CCS(C)(=O)=O)COc1ccccc1. The van der Waals surface area contributed by atoms with Gasteiger partial charge in [0.2, 0.25) is 0 Å². The number of nitrogens with one attached hydrogen (secondary N) is 1. The van der Waals surface area contributed by atoms with Crippen LogP contribution in [0.2, 0.25) is 0 Å². The predicted octanol–water partition coefficient (Wildman–Crippen LogP) is 1.48. The van der Waals surface area contributed by atoms with Gasteiger partial charge < -0.3 is 10.1 Å². The Morgan fingerprint density at radius 1 is 1.28 bits per heavy atom. The van der Waals surface area contributed by atoms with E-state index in [9.17, 15) is 8.42 Å². The molecule has 1 aromatic rings. The van der Waals surface area contributed by atoms with Crippen LogP contribution in [0.3, 0.4) is 0 Å². The summed E-state index contributed by atoms with van der Waals surface area (Å²) < 4.78 is 27.9. The van der Waals surface area contributed by atoms with E-state index in [-0.39, 0.29) is 11.8 Å². The van der Waals surface area contributed by atoms with Crippen LogP contribution in [0.25, 0.3) is 0 Å². The number of sulfone groups is 1. The van der Waals surface area contributed by atoms with Gasteiger partial charge >= 0.3 is 0 Å². The van der Waals surface area contributed by atoms with Crippen LogP contribution in [0, 0.1) is 0 Å². The standard InChI is InChI=1S/C13H21NO3S/c1-3-14-12(9-10-18(2,15)16)11-17-13-7-5-4-6-8-13/h4-8,12,14H,3,9-11H2,1-2H3. The predicted molar refractivity (Wildman–Crippen MR) is 73.7 cm³/mol. The van der Waals surface area contributed by atoms with Gasteiger partial charge in [-0.1, -0.05) is 25.1 Å². The molecule has 0 heterocycles. The Kier molecular flexibility index (Phi) is 6.15. The molecule has 1 rings (SSSR count). The number of benzene rings is 1. The van der Waals surface area contributed by atoms with Gasteiger partial charge in [-0.3, -0.25) is 0 Å². The van der Waals surface area contributed by atoms with E-state index in [2.05, 4.69) is 5.32 Å². The van der Waals surface area contributed by atoms with Crippen LogP contribution in [-0.2, 0) is 9.84 Å². The molecule has 102 valence electrons. The maximum absolute atomic E-state index is 11.1. The summed E-state index contributed by atoms with van der Waals surface area (Å²) in [6.45, 7) is 3.27. The van der Waals surface area contributed by atoms with Crippen molar-refractivity contribution < 1.29 is 13.2 Å². The maximum atomic E-state index is 11.1. The molecule has 0 bridgehead atoms. The molecule has 0 aromatic heterocycles. The van der Waals surface area contributed by atoms with Gasteiger partial charge in [-0.25, -0.2) is 8.42 Å². The molecule has 0 spiro atoms. The average molecular weight is 271 g/mol. The monoisotopic (exact) mass is 271 g/mol. The highest BCUT2D eigenvalue weighted by atomic mass is 32.2. The third-order valence-electron chi connectivity index (χ3n) is 2.52. The van der Waals surface area contributed by atoms with Crippen molar-refractivity contribution in [1.82, 2.24) is 5.32 Å². The summed E-state index contributed by atoms with van der Waals surface area (Å²) in [7, 11) is -2.92. The normalized spacial score (nSPS) is 13.2. The summed E-state index contributed by atoms with van der Waals surface area (Å²) in [5, 5.41) is 3.24. The number of rotatable bonds is 8. The summed E-state index contributed by atoms with van der Waals surface area (Å²) in [5.74, 6) is 0.989. The smallest absolute Gasteiger partial charge is 0.147 e. The van der Waals surface area contributed by atoms with Crippen molar-refractivity contribution in [2.45, 2.75) is 19.4 Å². The Morgan fingerprint density at radius 3 is 2.50 bits per heavy atom. The third-order valence-corrected chi connectivity index (χ3v) is 3.50. The first-order valence-electron chi connectivity index (χ1n) is 6.10. The summed E-state index contributed by atoms with van der Waals surface area (Å²) in [4.78, 5) is 0. The van der Waals surface area contributed by atoms with Crippen LogP contribution in [0.4, 0.5) is 0 Å². The number of ether oxygens (including phenoxy) is 1. The number of para-hydroxylation sites is 1. The third kappa shape index (κ3) is 6.61. The van der Waals surface area contributed by atoms with Gasteiger partial charge in [0.1, 0.15) is 22.2 Å². The largest absolute Gasteiger partial charge is 0.492 e. The number of hydrogen-bond donors (Lipinski definition) is 1. The topological polar surface area (TPSA) is 55.4 Å². The Balaban J connectivity index is 2.43. The van der Waals surface area contributed by atoms with E-state index in [4.69, 9.17) is 4.74 Å². The molecule has 0 amide bonds. The lowest BCUT2D eigenvalue weighted by atomic mass is 10.2. The minimum Gasteiger partial charge on any atom is -0.492 e. The second-order valence-electron chi connectivity index (χ2n) is 4.30. The van der Waals surface area contributed by atoms with Gasteiger partial charge in [0, 0.05) is 12.3 Å². The van der Waals surface area contributed by atoms with Crippen LogP contribution in [0.5, 0.6) is 5.75 Å². The quantitative estimate of drug-likeness (QED) is 0.778. The zero-order valence-electron chi connectivity index (χ0n) is 10.9. The Labute approximate surface area is 109 Å². The number of hydrogen-bond acceptors (Lipinski definition) is 4. The lowest BCUT2D eigenvalue weighted by Crippen LogP contribution is -2.36. The van der Waals surface area contributed by atoms with Crippen molar-refractivity contribution in [1.29, 1.82) is 0 Å². The van der Waals surface area contributed by atoms with E-state index in [1.807, 2.05) is 37.3 Å². The minimum absolute atomic E-state index is 0.0601. The molecule has 4 nitrogen and oxygen atoms in total. The Bertz CT molecular complexity index is 431. The second kappa shape index (κ2) is 7.38. The maximum Gasteiger partial charge on any atom is 0.147 e. The van der Waals surface area contributed by atoms with Gasteiger partial charge in [0.25, 0.3) is 0 Å². The van der Waals surface area contributed by atoms with Crippen LogP contribution in [0.1, 0.15) is 13.3 Å². The second-order valence-corrected chi connectivity index (χ2v) is 6.56. The summed E-state index contributed by atoms with van der Waals surface area (Å²) in [6.07, 6.45) is 1.83. The Morgan fingerprint density at radius 2 is 1.94 bits per heavy atom. The highest BCUT2D eigenvalue weighted by Crippen LogP contribution is 2.09. The van der Waals surface area contributed by atoms with E-state index >= 15 is 0 Å². The molecule has 0 fully saturated rings. The van der Waals surface area contributed by atoms with Crippen LogP contribution < -0.4 is 10.1 Å². The first-order chi connectivity index (χ1) is 8.51. The molecule has 1 aromatic carbocycles. The van der Waals surface area contributed by atoms with Crippen molar-refractivity contribution in [3.8, 4) is 5.75 Å². The lowest BCUT2D eigenvalue weighted by molar-refractivity contribution is 0.262. The van der Waals surface area contributed by atoms with Gasteiger partial charge in [0.15, 0.2) is 0 Å². The van der Waals surface area contributed by atoms with E-state index in [1.54, 1.807) is 0 Å². The first-order valence-corrected chi connectivity index (χ1v) is 8.16. The fourth-order valence-corrected chi connectivity index (χ4v) is 2.32. The van der Waals surface area contributed by atoms with Gasteiger partial charge in [-0.05, 0) is 25.1 Å². The molecule has 18 heavy (non-hydrogen) atoms. The molecule has 5 heteroatoms. The molecule has 0 aliphatic rings. The van der Waals surface area contributed by atoms with E-state index in [0.717, 1.165) is 12.3 Å². The summed E-state index contributed by atoms with van der Waals surface area (Å²) in [6, 6.07) is 9.59. The molecule has 0 aliphatic carbocycles. The fourth-order valence-electron chi connectivity index (χ4n) is 1.60. The Hall–Kier alpha value is -1.07. The van der Waals surface area contributed by atoms with Crippen LogP contribution >= 0.6 is 0 Å². The fraction of sp³-hybridized carbons (Fsp3) is 0.538. The molecule has 1 atom stereocenters. The van der Waals surface area contributed by atoms with Crippen molar-refractivity contribution >= 4 is 9.84 Å². The van der Waals surface area contributed by atoms with E-state index in [1.165, 1.54) is 6.26 Å². The molecule has 0 saturated carbocycles. The van der Waals surface area contributed by atoms with Gasteiger partial charge in [0.05, 0.1) is 5.75 Å². The molecular weight excluding hydrogens is 250 g/mol. The molecule has 0 radical (unpaired) electrons. The molecule has 1 N–H and O–H groups in total. The molecule has 1 unspecified atom stereocenters. The van der Waals surface area contributed by atoms with Gasteiger partial charge in [-0.15, -0.1) is 0 Å².